The summed E-state index contributed by atoms with van der Waals surface area (Å²) >= 11 is 0. The number of halogens is 2. The normalized spacial score (nSPS) is 10.2. The van der Waals surface area contributed by atoms with Crippen LogP contribution >= 0.6 is 0 Å². The fourth-order valence-corrected chi connectivity index (χ4v) is 1.96. The van der Waals surface area contributed by atoms with Crippen LogP contribution in [-0.2, 0) is 6.54 Å². The Labute approximate surface area is 122 Å². The van der Waals surface area contributed by atoms with Gasteiger partial charge in [-0.1, -0.05) is 18.2 Å². The van der Waals surface area contributed by atoms with E-state index in [-0.39, 0.29) is 18.0 Å². The molecule has 0 saturated heterocycles. The number of amides is 1. The van der Waals surface area contributed by atoms with Crippen molar-refractivity contribution in [2.45, 2.75) is 13.5 Å². The van der Waals surface area contributed by atoms with E-state index in [0.29, 0.717) is 12.1 Å². The first-order chi connectivity index (χ1) is 10.1. The van der Waals surface area contributed by atoms with Gasteiger partial charge in [0.25, 0.3) is 5.91 Å². The summed E-state index contributed by atoms with van der Waals surface area (Å²) in [4.78, 5) is 12.1. The average molecular weight is 290 g/mol. The molecule has 0 aliphatic rings. The van der Waals surface area contributed by atoms with E-state index in [4.69, 9.17) is 0 Å². The van der Waals surface area contributed by atoms with Gasteiger partial charge < -0.3 is 10.6 Å². The second-order valence-electron chi connectivity index (χ2n) is 4.49. The van der Waals surface area contributed by atoms with Gasteiger partial charge in [0.1, 0.15) is 11.6 Å². The molecule has 5 heteroatoms. The van der Waals surface area contributed by atoms with Crippen LogP contribution in [0, 0.1) is 11.6 Å². The molecule has 0 aromatic heterocycles. The van der Waals surface area contributed by atoms with Crippen molar-refractivity contribution in [2.75, 3.05) is 11.9 Å². The van der Waals surface area contributed by atoms with E-state index >= 15 is 0 Å². The van der Waals surface area contributed by atoms with Crippen LogP contribution in [0.1, 0.15) is 22.8 Å². The number of nitrogens with one attached hydrogen (secondary N) is 2. The molecule has 2 aromatic carbocycles. The summed E-state index contributed by atoms with van der Waals surface area (Å²) < 4.78 is 26.3. The Morgan fingerprint density at radius 1 is 1.14 bits per heavy atom. The summed E-state index contributed by atoms with van der Waals surface area (Å²) in [5, 5.41) is 5.72. The smallest absolute Gasteiger partial charge is 0.253 e. The molecule has 0 atom stereocenters. The first-order valence-electron chi connectivity index (χ1n) is 6.67. The monoisotopic (exact) mass is 290 g/mol. The van der Waals surface area contributed by atoms with Crippen LogP contribution in [0.3, 0.4) is 0 Å². The number of carbonyl (C=O) groups excluding carboxylic acids is 1. The molecule has 1 amide bonds. The highest BCUT2D eigenvalue weighted by atomic mass is 19.1. The van der Waals surface area contributed by atoms with Crippen molar-refractivity contribution in [3.63, 3.8) is 0 Å². The van der Waals surface area contributed by atoms with Crippen molar-refractivity contribution in [3.8, 4) is 0 Å². The second kappa shape index (κ2) is 6.83. The molecule has 0 spiro atoms. The highest BCUT2D eigenvalue weighted by Crippen LogP contribution is 2.15. The Morgan fingerprint density at radius 3 is 2.62 bits per heavy atom. The third-order valence-electron chi connectivity index (χ3n) is 2.99. The minimum atomic E-state index is -0.671. The van der Waals surface area contributed by atoms with Gasteiger partial charge in [-0.05, 0) is 25.1 Å². The van der Waals surface area contributed by atoms with Gasteiger partial charge in [0, 0.05) is 30.4 Å². The Balaban J connectivity index is 2.08. The summed E-state index contributed by atoms with van der Waals surface area (Å²) in [5.74, 6) is -1.62. The zero-order valence-corrected chi connectivity index (χ0v) is 11.6. The SMILES string of the molecule is CCNc1ccccc1C(=O)NCc1ccc(F)cc1F. The molecule has 21 heavy (non-hydrogen) atoms. The molecule has 2 N–H and O–H groups in total. The number of anilines is 1. The van der Waals surface area contributed by atoms with Gasteiger partial charge in [0.05, 0.1) is 5.56 Å². The maximum atomic E-state index is 13.5. The number of hydrogen-bond acceptors (Lipinski definition) is 2. The van der Waals surface area contributed by atoms with E-state index in [9.17, 15) is 13.6 Å². The first kappa shape index (κ1) is 15.0. The molecule has 2 rings (SSSR count). The molecule has 0 bridgehead atoms. The van der Waals surface area contributed by atoms with Gasteiger partial charge in [-0.15, -0.1) is 0 Å². The Morgan fingerprint density at radius 2 is 1.90 bits per heavy atom. The number of carbonyl (C=O) groups is 1. The topological polar surface area (TPSA) is 41.1 Å². The molecule has 0 saturated carbocycles. The second-order valence-corrected chi connectivity index (χ2v) is 4.49. The van der Waals surface area contributed by atoms with E-state index in [0.717, 1.165) is 17.8 Å². The minimum Gasteiger partial charge on any atom is -0.385 e. The maximum Gasteiger partial charge on any atom is 0.253 e. The largest absolute Gasteiger partial charge is 0.385 e. The summed E-state index contributed by atoms with van der Waals surface area (Å²) in [7, 11) is 0. The van der Waals surface area contributed by atoms with Crippen LogP contribution in [0.5, 0.6) is 0 Å². The molecule has 0 unspecified atom stereocenters. The van der Waals surface area contributed by atoms with Gasteiger partial charge in [-0.3, -0.25) is 4.79 Å². The summed E-state index contributed by atoms with van der Waals surface area (Å²) in [6, 6.07) is 10.4. The Bertz CT molecular complexity index is 644. The lowest BCUT2D eigenvalue weighted by molar-refractivity contribution is 0.0951. The molecule has 0 aliphatic carbocycles. The predicted octanol–water partition coefficient (Wildman–Crippen LogP) is 3.33. The highest BCUT2D eigenvalue weighted by molar-refractivity contribution is 5.99. The molecule has 0 aliphatic heterocycles. The van der Waals surface area contributed by atoms with Crippen molar-refractivity contribution >= 4 is 11.6 Å². The molecular formula is C16H16F2N2O. The van der Waals surface area contributed by atoms with Crippen molar-refractivity contribution in [3.05, 3.63) is 65.2 Å². The highest BCUT2D eigenvalue weighted by Gasteiger charge is 2.11. The Hall–Kier alpha value is -2.43. The zero-order valence-electron chi connectivity index (χ0n) is 11.6. The van der Waals surface area contributed by atoms with E-state index in [1.54, 1.807) is 18.2 Å². The molecule has 0 fully saturated rings. The van der Waals surface area contributed by atoms with Crippen LogP contribution in [0.4, 0.5) is 14.5 Å². The lowest BCUT2D eigenvalue weighted by Crippen LogP contribution is -2.24. The van der Waals surface area contributed by atoms with Gasteiger partial charge in [0.2, 0.25) is 0 Å². The molecule has 2 aromatic rings. The van der Waals surface area contributed by atoms with Gasteiger partial charge in [-0.2, -0.15) is 0 Å². The third-order valence-corrected chi connectivity index (χ3v) is 2.99. The molecule has 0 heterocycles. The van der Waals surface area contributed by atoms with Gasteiger partial charge in [0.15, 0.2) is 0 Å². The zero-order chi connectivity index (χ0) is 15.2. The number of benzene rings is 2. The van der Waals surface area contributed by atoms with Crippen molar-refractivity contribution in [1.82, 2.24) is 5.32 Å². The summed E-state index contributed by atoms with van der Waals surface area (Å²) in [5.41, 5.74) is 1.45. The maximum absolute atomic E-state index is 13.5. The van der Waals surface area contributed by atoms with Gasteiger partial charge >= 0.3 is 0 Å². The third kappa shape index (κ3) is 3.78. The number of para-hydroxylation sites is 1. The van der Waals surface area contributed by atoms with Crippen LogP contribution in [0.2, 0.25) is 0 Å². The lowest BCUT2D eigenvalue weighted by Gasteiger charge is -2.11. The first-order valence-corrected chi connectivity index (χ1v) is 6.67. The van der Waals surface area contributed by atoms with E-state index in [2.05, 4.69) is 10.6 Å². The van der Waals surface area contributed by atoms with Gasteiger partial charge in [-0.25, -0.2) is 8.78 Å². The molecule has 0 radical (unpaired) electrons. The van der Waals surface area contributed by atoms with E-state index < -0.39 is 11.6 Å². The van der Waals surface area contributed by atoms with Crippen LogP contribution in [-0.4, -0.2) is 12.5 Å². The number of hydrogen-bond donors (Lipinski definition) is 2. The fraction of sp³-hybridized carbons (Fsp3) is 0.188. The quantitative estimate of drug-likeness (QED) is 0.887. The van der Waals surface area contributed by atoms with Crippen molar-refractivity contribution in [2.24, 2.45) is 0 Å². The summed E-state index contributed by atoms with van der Waals surface area (Å²) in [6.45, 7) is 2.63. The average Bonchev–Trinajstić information content (AvgIpc) is 2.47. The van der Waals surface area contributed by atoms with Crippen molar-refractivity contribution < 1.29 is 13.6 Å². The van der Waals surface area contributed by atoms with Crippen LogP contribution < -0.4 is 10.6 Å². The minimum absolute atomic E-state index is 0.00536. The molecule has 110 valence electrons. The van der Waals surface area contributed by atoms with E-state index in [1.807, 2.05) is 13.0 Å². The molecular weight excluding hydrogens is 274 g/mol. The van der Waals surface area contributed by atoms with Crippen LogP contribution in [0.25, 0.3) is 0 Å². The summed E-state index contributed by atoms with van der Waals surface area (Å²) in [6.07, 6.45) is 0. The van der Waals surface area contributed by atoms with Crippen LogP contribution in [0.15, 0.2) is 42.5 Å². The number of rotatable bonds is 5. The predicted molar refractivity (Wildman–Crippen MR) is 78.1 cm³/mol. The van der Waals surface area contributed by atoms with E-state index in [1.165, 1.54) is 6.07 Å². The fourth-order valence-electron chi connectivity index (χ4n) is 1.96. The molecule has 3 nitrogen and oxygen atoms in total. The Kier molecular flexibility index (Phi) is 4.87. The van der Waals surface area contributed by atoms with Crippen molar-refractivity contribution in [1.29, 1.82) is 0 Å². The standard InChI is InChI=1S/C16H16F2N2O/c1-2-19-15-6-4-3-5-13(15)16(21)20-10-11-7-8-12(17)9-14(11)18/h3-9,19H,2,10H2,1H3,(H,20,21). The lowest BCUT2D eigenvalue weighted by atomic mass is 10.1.